The summed E-state index contributed by atoms with van der Waals surface area (Å²) in [4.78, 5) is 12.6. The zero-order valence-corrected chi connectivity index (χ0v) is 10.4. The smallest absolute Gasteiger partial charge is 0.371 e. The number of aliphatic hydroxyl groups excluding tert-OH is 1. The van der Waals surface area contributed by atoms with Crippen LogP contribution >= 0.6 is 10.7 Å². The van der Waals surface area contributed by atoms with Crippen LogP contribution in [0.3, 0.4) is 0 Å². The van der Waals surface area contributed by atoms with E-state index in [1.807, 2.05) is 0 Å². The van der Waals surface area contributed by atoms with E-state index in [4.69, 9.17) is 10.7 Å². The van der Waals surface area contributed by atoms with Gasteiger partial charge in [0.1, 0.15) is 5.75 Å². The second-order valence-corrected chi connectivity index (χ2v) is 5.54. The van der Waals surface area contributed by atoms with Crippen LogP contribution in [-0.2, 0) is 14.1 Å². The van der Waals surface area contributed by atoms with Crippen molar-refractivity contribution in [2.75, 3.05) is 4.90 Å². The molecule has 1 aliphatic rings. The quantitative estimate of drug-likeness (QED) is 0.831. The second-order valence-electron chi connectivity index (χ2n) is 3.45. The molecule has 1 aliphatic heterocycles. The molecule has 0 saturated carbocycles. The molecule has 0 fully saturated rings. The number of nitrogens with zero attached hydrogens (tertiary/aromatic N) is 1. The molecular weight excluding hydrogens is 282 g/mol. The molecule has 1 heterocycles. The molecule has 8 heteroatoms. The van der Waals surface area contributed by atoms with E-state index < -0.39 is 21.5 Å². The van der Waals surface area contributed by atoms with Gasteiger partial charge in [0.25, 0.3) is 5.91 Å². The third-order valence-corrected chi connectivity index (χ3v) is 2.78. The van der Waals surface area contributed by atoms with E-state index in [2.05, 4.69) is 4.18 Å². The molecule has 0 aromatic heterocycles. The molecule has 1 unspecified atom stereocenters. The lowest BCUT2D eigenvalue weighted by Gasteiger charge is -2.20. The molecule has 0 bridgehead atoms. The van der Waals surface area contributed by atoms with Gasteiger partial charge in [0.2, 0.25) is 0 Å². The van der Waals surface area contributed by atoms with Crippen molar-refractivity contribution in [3.05, 3.63) is 36.4 Å². The van der Waals surface area contributed by atoms with Gasteiger partial charge in [0.15, 0.2) is 6.23 Å². The number of carbonyl (C=O) groups is 1. The Morgan fingerprint density at radius 1 is 1.39 bits per heavy atom. The fourth-order valence-corrected chi connectivity index (χ4v) is 2.10. The number of halogens is 1. The number of carbonyl (C=O) groups excluding carboxylic acids is 1. The largest absolute Gasteiger partial charge is 0.401 e. The van der Waals surface area contributed by atoms with Gasteiger partial charge in [-0.05, 0) is 18.2 Å². The highest BCUT2D eigenvalue weighted by atomic mass is 35.7. The van der Waals surface area contributed by atoms with Crippen molar-refractivity contribution in [3.63, 3.8) is 0 Å². The zero-order chi connectivity index (χ0) is 13.3. The van der Waals surface area contributed by atoms with E-state index in [0.717, 1.165) is 4.90 Å². The normalized spacial score (nSPS) is 19.3. The maximum absolute atomic E-state index is 11.5. The van der Waals surface area contributed by atoms with Gasteiger partial charge in [-0.1, -0.05) is 6.07 Å². The first-order chi connectivity index (χ1) is 8.37. The molecule has 0 aliphatic carbocycles. The number of anilines is 1. The van der Waals surface area contributed by atoms with Gasteiger partial charge in [-0.3, -0.25) is 9.69 Å². The summed E-state index contributed by atoms with van der Waals surface area (Å²) in [6.45, 7) is 0. The van der Waals surface area contributed by atoms with Crippen LogP contribution in [0.4, 0.5) is 5.69 Å². The Morgan fingerprint density at radius 3 is 2.67 bits per heavy atom. The van der Waals surface area contributed by atoms with Gasteiger partial charge in [-0.2, -0.15) is 8.42 Å². The lowest BCUT2D eigenvalue weighted by Crippen LogP contribution is -2.33. The second kappa shape index (κ2) is 4.60. The summed E-state index contributed by atoms with van der Waals surface area (Å²) in [5.41, 5.74) is 0.301. The van der Waals surface area contributed by atoms with Crippen molar-refractivity contribution in [1.29, 1.82) is 0 Å². The molecule has 0 radical (unpaired) electrons. The molecule has 1 N–H and O–H groups in total. The van der Waals surface area contributed by atoms with Crippen LogP contribution < -0.4 is 9.08 Å². The molecule has 0 saturated heterocycles. The third-order valence-electron chi connectivity index (χ3n) is 2.20. The van der Waals surface area contributed by atoms with Gasteiger partial charge >= 0.3 is 9.33 Å². The Morgan fingerprint density at radius 2 is 2.11 bits per heavy atom. The van der Waals surface area contributed by atoms with Crippen molar-refractivity contribution in [3.8, 4) is 5.75 Å². The van der Waals surface area contributed by atoms with Gasteiger partial charge < -0.3 is 9.29 Å². The van der Waals surface area contributed by atoms with E-state index in [0.29, 0.717) is 5.69 Å². The molecule has 1 aromatic carbocycles. The Kier molecular flexibility index (Phi) is 3.29. The highest BCUT2D eigenvalue weighted by Crippen LogP contribution is 2.26. The molecule has 1 aromatic rings. The van der Waals surface area contributed by atoms with Gasteiger partial charge in [0.05, 0.1) is 16.4 Å². The third kappa shape index (κ3) is 2.81. The van der Waals surface area contributed by atoms with Crippen molar-refractivity contribution in [2.45, 2.75) is 6.23 Å². The summed E-state index contributed by atoms with van der Waals surface area (Å²) in [7, 11) is 0.791. The minimum Gasteiger partial charge on any atom is -0.371 e. The van der Waals surface area contributed by atoms with Crippen LogP contribution in [0.15, 0.2) is 36.4 Å². The Balaban J connectivity index is 2.31. The highest BCUT2D eigenvalue weighted by molar-refractivity contribution is 8.10. The summed E-state index contributed by atoms with van der Waals surface area (Å²) >= 11 is 0. The van der Waals surface area contributed by atoms with Crippen molar-refractivity contribution in [1.82, 2.24) is 0 Å². The average Bonchev–Trinajstić information content (AvgIpc) is 2.56. The van der Waals surface area contributed by atoms with Crippen LogP contribution in [0.25, 0.3) is 0 Å². The monoisotopic (exact) mass is 289 g/mol. The fourth-order valence-electron chi connectivity index (χ4n) is 1.55. The van der Waals surface area contributed by atoms with E-state index in [1.54, 1.807) is 0 Å². The van der Waals surface area contributed by atoms with Gasteiger partial charge in [0, 0.05) is 12.1 Å². The summed E-state index contributed by atoms with van der Waals surface area (Å²) in [5.74, 6) is -0.456. The first-order valence-corrected chi connectivity index (χ1v) is 7.04. The number of hydrogen-bond donors (Lipinski definition) is 1. The topological polar surface area (TPSA) is 83.9 Å². The number of benzene rings is 1. The Hall–Kier alpha value is -1.57. The number of hydrogen-bond acceptors (Lipinski definition) is 5. The van der Waals surface area contributed by atoms with E-state index in [-0.39, 0.29) is 5.75 Å². The Labute approximate surface area is 108 Å². The van der Waals surface area contributed by atoms with Crippen LogP contribution in [0.2, 0.25) is 0 Å². The molecule has 1 atom stereocenters. The number of aliphatic hydroxyl groups is 1. The predicted molar refractivity (Wildman–Crippen MR) is 64.5 cm³/mol. The summed E-state index contributed by atoms with van der Waals surface area (Å²) in [6, 6.07) is 5.66. The maximum atomic E-state index is 11.5. The SMILES string of the molecule is O=C1C=CC(O)N1c1cccc(OS(=O)(=O)Cl)c1. The first-order valence-electron chi connectivity index (χ1n) is 4.80. The molecular formula is C10H8ClNO5S. The highest BCUT2D eigenvalue weighted by Gasteiger charge is 2.25. The summed E-state index contributed by atoms with van der Waals surface area (Å²) < 4.78 is 26.0. The zero-order valence-electron chi connectivity index (χ0n) is 8.86. The number of amides is 1. The van der Waals surface area contributed by atoms with Crippen molar-refractivity contribution in [2.24, 2.45) is 0 Å². The van der Waals surface area contributed by atoms with Gasteiger partial charge in [-0.15, -0.1) is 0 Å². The van der Waals surface area contributed by atoms with Crippen LogP contribution in [0.5, 0.6) is 5.75 Å². The van der Waals surface area contributed by atoms with E-state index >= 15 is 0 Å². The minimum absolute atomic E-state index is 0.0469. The van der Waals surface area contributed by atoms with Crippen molar-refractivity contribution >= 4 is 31.6 Å². The first kappa shape index (κ1) is 12.9. The van der Waals surface area contributed by atoms with Crippen LogP contribution in [0.1, 0.15) is 0 Å². The fraction of sp³-hybridized carbons (Fsp3) is 0.100. The maximum Gasteiger partial charge on any atom is 0.401 e. The standard InChI is InChI=1S/C10H8ClNO5S/c11-18(15,16)17-8-3-1-2-7(6-8)12-9(13)4-5-10(12)14/h1-6,9,13H. The predicted octanol–water partition coefficient (Wildman–Crippen LogP) is 0.770. The molecule has 1 amide bonds. The molecule has 2 rings (SSSR count). The molecule has 6 nitrogen and oxygen atoms in total. The lowest BCUT2D eigenvalue weighted by atomic mass is 10.2. The van der Waals surface area contributed by atoms with Gasteiger partial charge in [-0.25, -0.2) is 0 Å². The van der Waals surface area contributed by atoms with E-state index in [1.165, 1.54) is 36.4 Å². The number of rotatable bonds is 3. The lowest BCUT2D eigenvalue weighted by molar-refractivity contribution is -0.114. The Bertz CT molecular complexity index is 612. The van der Waals surface area contributed by atoms with E-state index in [9.17, 15) is 18.3 Å². The summed E-state index contributed by atoms with van der Waals surface area (Å²) in [6.07, 6.45) is 1.45. The van der Waals surface area contributed by atoms with Crippen LogP contribution in [0, 0.1) is 0 Å². The minimum atomic E-state index is -4.15. The van der Waals surface area contributed by atoms with Crippen molar-refractivity contribution < 1.29 is 22.5 Å². The molecule has 0 spiro atoms. The molecule has 18 heavy (non-hydrogen) atoms. The molecule has 96 valence electrons. The average molecular weight is 290 g/mol. The summed E-state index contributed by atoms with van der Waals surface area (Å²) in [5, 5.41) is 9.57. The van der Waals surface area contributed by atoms with Crippen LogP contribution in [-0.4, -0.2) is 25.7 Å².